The zero-order valence-electron chi connectivity index (χ0n) is 13.9. The maximum atomic E-state index is 3.83. The van der Waals surface area contributed by atoms with E-state index in [0.29, 0.717) is 11.6 Å². The van der Waals surface area contributed by atoms with Crippen LogP contribution in [0.5, 0.6) is 0 Å². The molecule has 1 aromatic carbocycles. The average Bonchev–Trinajstić information content (AvgIpc) is 2.94. The maximum Gasteiger partial charge on any atom is 0.0356 e. The lowest BCUT2D eigenvalue weighted by Crippen LogP contribution is -2.58. The van der Waals surface area contributed by atoms with Gasteiger partial charge in [-0.05, 0) is 63.4 Å². The molecule has 116 valence electrons. The third kappa shape index (κ3) is 2.64. The summed E-state index contributed by atoms with van der Waals surface area (Å²) in [4.78, 5) is 2.51. The SMILES string of the molecule is CCNC(CC1Cc2ccccc21)C1(N(C)C)CCCC1. The Morgan fingerprint density at radius 2 is 1.95 bits per heavy atom. The number of hydrogen-bond acceptors (Lipinski definition) is 2. The molecule has 2 aliphatic carbocycles. The average molecular weight is 286 g/mol. The van der Waals surface area contributed by atoms with Crippen molar-refractivity contribution in [3.05, 3.63) is 35.4 Å². The largest absolute Gasteiger partial charge is 0.312 e. The van der Waals surface area contributed by atoms with E-state index in [0.717, 1.165) is 12.5 Å². The summed E-state index contributed by atoms with van der Waals surface area (Å²) in [6, 6.07) is 9.63. The molecule has 3 rings (SSSR count). The molecule has 0 heterocycles. The molecule has 2 aliphatic rings. The van der Waals surface area contributed by atoms with Crippen molar-refractivity contribution < 1.29 is 0 Å². The van der Waals surface area contributed by atoms with Gasteiger partial charge in [-0.2, -0.15) is 0 Å². The fourth-order valence-corrected chi connectivity index (χ4v) is 4.69. The molecule has 2 heteroatoms. The molecule has 0 aliphatic heterocycles. The van der Waals surface area contributed by atoms with Crippen LogP contribution in [0, 0.1) is 0 Å². The van der Waals surface area contributed by atoms with E-state index in [1.807, 2.05) is 0 Å². The van der Waals surface area contributed by atoms with Gasteiger partial charge in [0.1, 0.15) is 0 Å². The van der Waals surface area contributed by atoms with Crippen LogP contribution in [0.3, 0.4) is 0 Å². The van der Waals surface area contributed by atoms with Crippen LogP contribution >= 0.6 is 0 Å². The molecule has 2 atom stereocenters. The minimum atomic E-state index is 0.376. The summed E-state index contributed by atoms with van der Waals surface area (Å²) in [5, 5.41) is 3.83. The second-order valence-electron chi connectivity index (χ2n) is 7.15. The molecule has 1 saturated carbocycles. The molecule has 1 N–H and O–H groups in total. The van der Waals surface area contributed by atoms with Gasteiger partial charge in [0.25, 0.3) is 0 Å². The Labute approximate surface area is 129 Å². The molecule has 1 aromatic rings. The van der Waals surface area contributed by atoms with Crippen molar-refractivity contribution in [2.75, 3.05) is 20.6 Å². The van der Waals surface area contributed by atoms with Crippen molar-refractivity contribution in [3.8, 4) is 0 Å². The Bertz CT molecular complexity index is 474. The summed E-state index contributed by atoms with van der Waals surface area (Å²) < 4.78 is 0. The summed E-state index contributed by atoms with van der Waals surface area (Å²) >= 11 is 0. The predicted molar refractivity (Wildman–Crippen MR) is 89.9 cm³/mol. The molecule has 1 fully saturated rings. The van der Waals surface area contributed by atoms with Crippen LogP contribution in [0.15, 0.2) is 24.3 Å². The molecule has 0 amide bonds. The number of rotatable bonds is 6. The van der Waals surface area contributed by atoms with Gasteiger partial charge in [0.05, 0.1) is 0 Å². The zero-order chi connectivity index (χ0) is 14.9. The van der Waals surface area contributed by atoms with Gasteiger partial charge < -0.3 is 10.2 Å². The lowest BCUT2D eigenvalue weighted by Gasteiger charge is -2.46. The third-order valence-electron chi connectivity index (χ3n) is 5.94. The summed E-state index contributed by atoms with van der Waals surface area (Å²) in [5.74, 6) is 0.766. The highest BCUT2D eigenvalue weighted by atomic mass is 15.2. The third-order valence-corrected chi connectivity index (χ3v) is 5.94. The fraction of sp³-hybridized carbons (Fsp3) is 0.684. The summed E-state index contributed by atoms with van der Waals surface area (Å²) in [6.07, 6.45) is 8.06. The molecule has 0 spiro atoms. The van der Waals surface area contributed by atoms with Gasteiger partial charge in [0.2, 0.25) is 0 Å². The quantitative estimate of drug-likeness (QED) is 0.860. The highest BCUT2D eigenvalue weighted by molar-refractivity contribution is 5.40. The number of nitrogens with zero attached hydrogens (tertiary/aromatic N) is 1. The second kappa shape index (κ2) is 6.10. The van der Waals surface area contributed by atoms with Crippen LogP contribution in [-0.2, 0) is 6.42 Å². The lowest BCUT2D eigenvalue weighted by atomic mass is 9.71. The Kier molecular flexibility index (Phi) is 4.37. The molecular formula is C19H30N2. The van der Waals surface area contributed by atoms with Crippen molar-refractivity contribution in [1.82, 2.24) is 10.2 Å². The van der Waals surface area contributed by atoms with Gasteiger partial charge in [-0.3, -0.25) is 0 Å². The van der Waals surface area contributed by atoms with Crippen molar-refractivity contribution in [1.29, 1.82) is 0 Å². The van der Waals surface area contributed by atoms with Crippen LogP contribution in [0.2, 0.25) is 0 Å². The number of fused-ring (bicyclic) bond motifs is 1. The van der Waals surface area contributed by atoms with Crippen molar-refractivity contribution in [2.24, 2.45) is 0 Å². The summed E-state index contributed by atoms with van der Waals surface area (Å²) in [5.41, 5.74) is 3.55. The molecule has 0 saturated heterocycles. The first kappa shape index (κ1) is 15.1. The molecule has 21 heavy (non-hydrogen) atoms. The Balaban J connectivity index is 1.76. The van der Waals surface area contributed by atoms with Gasteiger partial charge in [-0.15, -0.1) is 0 Å². The zero-order valence-corrected chi connectivity index (χ0v) is 13.9. The van der Waals surface area contributed by atoms with E-state index in [2.05, 4.69) is 55.5 Å². The van der Waals surface area contributed by atoms with Crippen LogP contribution in [0.4, 0.5) is 0 Å². The molecule has 2 nitrogen and oxygen atoms in total. The summed E-state index contributed by atoms with van der Waals surface area (Å²) in [6.45, 7) is 3.33. The Morgan fingerprint density at radius 1 is 1.24 bits per heavy atom. The molecule has 0 radical (unpaired) electrons. The first-order valence-electron chi connectivity index (χ1n) is 8.66. The Hall–Kier alpha value is -0.860. The van der Waals surface area contributed by atoms with Crippen LogP contribution in [0.25, 0.3) is 0 Å². The fourth-order valence-electron chi connectivity index (χ4n) is 4.69. The maximum absolute atomic E-state index is 3.83. The number of benzene rings is 1. The number of nitrogens with one attached hydrogen (secondary N) is 1. The van der Waals surface area contributed by atoms with Gasteiger partial charge in [0.15, 0.2) is 0 Å². The van der Waals surface area contributed by atoms with Gasteiger partial charge >= 0.3 is 0 Å². The van der Waals surface area contributed by atoms with Gasteiger partial charge in [-0.1, -0.05) is 44.0 Å². The molecule has 0 bridgehead atoms. The minimum Gasteiger partial charge on any atom is -0.312 e. The lowest BCUT2D eigenvalue weighted by molar-refractivity contribution is 0.0954. The normalized spacial score (nSPS) is 24.7. The standard InChI is InChI=1S/C19H30N2/c1-4-20-18(19(21(2)3)11-7-8-12-19)14-16-13-15-9-5-6-10-17(15)16/h5-6,9-10,16,18,20H,4,7-8,11-14H2,1-3H3. The van der Waals surface area contributed by atoms with Gasteiger partial charge in [0, 0.05) is 11.6 Å². The topological polar surface area (TPSA) is 15.3 Å². The van der Waals surface area contributed by atoms with Crippen LogP contribution in [0.1, 0.15) is 56.1 Å². The van der Waals surface area contributed by atoms with E-state index in [1.54, 1.807) is 11.1 Å². The minimum absolute atomic E-state index is 0.376. The van der Waals surface area contributed by atoms with E-state index >= 15 is 0 Å². The summed E-state index contributed by atoms with van der Waals surface area (Å²) in [7, 11) is 4.56. The van der Waals surface area contributed by atoms with Crippen LogP contribution in [-0.4, -0.2) is 37.1 Å². The van der Waals surface area contributed by atoms with E-state index in [9.17, 15) is 0 Å². The smallest absolute Gasteiger partial charge is 0.0356 e. The number of likely N-dealkylation sites (N-methyl/N-ethyl adjacent to an activating group) is 2. The highest BCUT2D eigenvalue weighted by Gasteiger charge is 2.44. The van der Waals surface area contributed by atoms with Crippen molar-refractivity contribution >= 4 is 0 Å². The predicted octanol–water partition coefficient (Wildman–Crippen LogP) is 3.57. The monoisotopic (exact) mass is 286 g/mol. The van der Waals surface area contributed by atoms with E-state index in [-0.39, 0.29) is 0 Å². The van der Waals surface area contributed by atoms with Crippen molar-refractivity contribution in [2.45, 2.75) is 62.9 Å². The first-order valence-corrected chi connectivity index (χ1v) is 8.66. The molecular weight excluding hydrogens is 256 g/mol. The van der Waals surface area contributed by atoms with Crippen LogP contribution < -0.4 is 5.32 Å². The second-order valence-corrected chi connectivity index (χ2v) is 7.15. The van der Waals surface area contributed by atoms with Gasteiger partial charge in [-0.25, -0.2) is 0 Å². The Morgan fingerprint density at radius 3 is 2.57 bits per heavy atom. The molecule has 0 aromatic heterocycles. The van der Waals surface area contributed by atoms with E-state index in [1.165, 1.54) is 38.5 Å². The molecule has 2 unspecified atom stereocenters. The highest BCUT2D eigenvalue weighted by Crippen LogP contribution is 2.44. The number of hydrogen-bond donors (Lipinski definition) is 1. The van der Waals surface area contributed by atoms with E-state index < -0.39 is 0 Å². The van der Waals surface area contributed by atoms with Crippen molar-refractivity contribution in [3.63, 3.8) is 0 Å². The van der Waals surface area contributed by atoms with E-state index in [4.69, 9.17) is 0 Å². The first-order chi connectivity index (χ1) is 10.2.